The van der Waals surface area contributed by atoms with Crippen LogP contribution in [0.1, 0.15) is 54.9 Å². The van der Waals surface area contributed by atoms with Crippen LogP contribution in [0.3, 0.4) is 0 Å². The van der Waals surface area contributed by atoms with Gasteiger partial charge < -0.3 is 15.6 Å². The van der Waals surface area contributed by atoms with Crippen LogP contribution in [-0.2, 0) is 6.54 Å². The summed E-state index contributed by atoms with van der Waals surface area (Å²) in [6, 6.07) is 15.2. The van der Waals surface area contributed by atoms with E-state index in [4.69, 9.17) is 27.3 Å². The van der Waals surface area contributed by atoms with Gasteiger partial charge in [-0.2, -0.15) is 0 Å². The fraction of sp³-hybridized carbons (Fsp3) is 0.320. The molecule has 0 spiro atoms. The van der Waals surface area contributed by atoms with Crippen LogP contribution in [0.4, 0.5) is 5.82 Å². The van der Waals surface area contributed by atoms with E-state index in [0.717, 1.165) is 29.4 Å². The van der Waals surface area contributed by atoms with Crippen LogP contribution in [0.15, 0.2) is 48.5 Å². The van der Waals surface area contributed by atoms with Crippen molar-refractivity contribution in [2.75, 3.05) is 12.3 Å². The molecule has 1 amide bonds. The standard InChI is InChI=1S/C25H28ClN5O/c1-2-3-4-5-8-15-28-25(32)21-22-24(30-20-10-7-6-9-19(20)29-22)31(23(21)27)16-17-11-13-18(26)14-12-17/h6-7,9-14H,2-5,8,15-16,27H2,1H3,(H,28,32). The molecule has 0 unspecified atom stereocenters. The number of anilines is 1. The first kappa shape index (κ1) is 22.1. The minimum Gasteiger partial charge on any atom is -0.384 e. The maximum Gasteiger partial charge on any atom is 0.257 e. The second-order valence-electron chi connectivity index (χ2n) is 8.03. The van der Waals surface area contributed by atoms with Crippen molar-refractivity contribution < 1.29 is 4.79 Å². The van der Waals surface area contributed by atoms with Crippen molar-refractivity contribution in [3.8, 4) is 0 Å². The molecule has 0 bridgehead atoms. The van der Waals surface area contributed by atoms with Crippen LogP contribution in [0.5, 0.6) is 0 Å². The highest BCUT2D eigenvalue weighted by Gasteiger charge is 2.23. The van der Waals surface area contributed by atoms with Gasteiger partial charge in [-0.15, -0.1) is 0 Å². The zero-order chi connectivity index (χ0) is 22.5. The summed E-state index contributed by atoms with van der Waals surface area (Å²) in [6.45, 7) is 3.28. The summed E-state index contributed by atoms with van der Waals surface area (Å²) in [7, 11) is 0. The van der Waals surface area contributed by atoms with Gasteiger partial charge >= 0.3 is 0 Å². The van der Waals surface area contributed by atoms with E-state index in [2.05, 4.69) is 12.2 Å². The van der Waals surface area contributed by atoms with Gasteiger partial charge in [-0.1, -0.05) is 68.5 Å². The number of hydrogen-bond acceptors (Lipinski definition) is 4. The van der Waals surface area contributed by atoms with Gasteiger partial charge in [0.05, 0.1) is 17.6 Å². The van der Waals surface area contributed by atoms with Gasteiger partial charge in [0, 0.05) is 11.6 Å². The molecule has 0 aliphatic heterocycles. The number of nitrogens with one attached hydrogen (secondary N) is 1. The van der Waals surface area contributed by atoms with Crippen molar-refractivity contribution in [3.05, 3.63) is 64.7 Å². The molecule has 0 aliphatic carbocycles. The number of carbonyl (C=O) groups excluding carboxylic acids is 1. The predicted molar refractivity (Wildman–Crippen MR) is 131 cm³/mol. The molecule has 0 saturated heterocycles. The van der Waals surface area contributed by atoms with Gasteiger partial charge in [-0.25, -0.2) is 9.97 Å². The largest absolute Gasteiger partial charge is 0.384 e. The van der Waals surface area contributed by atoms with Crippen molar-refractivity contribution >= 4 is 45.5 Å². The lowest BCUT2D eigenvalue weighted by Crippen LogP contribution is -2.25. The highest BCUT2D eigenvalue weighted by Crippen LogP contribution is 2.29. The summed E-state index contributed by atoms with van der Waals surface area (Å²) in [5, 5.41) is 3.69. The molecule has 0 radical (unpaired) electrons. The Morgan fingerprint density at radius 1 is 1.00 bits per heavy atom. The Hall–Kier alpha value is -3.12. The number of nitrogens with two attached hydrogens (primary N) is 1. The van der Waals surface area contributed by atoms with Crippen molar-refractivity contribution in [1.82, 2.24) is 19.9 Å². The van der Waals surface area contributed by atoms with Gasteiger partial charge in [0.1, 0.15) is 16.9 Å². The van der Waals surface area contributed by atoms with Crippen LogP contribution in [0, 0.1) is 0 Å². The fourth-order valence-corrected chi connectivity index (χ4v) is 4.02. The Bertz CT molecular complexity index is 1230. The number of aromatic nitrogens is 3. The van der Waals surface area contributed by atoms with Gasteiger partial charge in [0.2, 0.25) is 0 Å². The second-order valence-corrected chi connectivity index (χ2v) is 8.46. The molecule has 6 nitrogen and oxygen atoms in total. The maximum absolute atomic E-state index is 13.1. The van der Waals surface area contributed by atoms with Gasteiger partial charge in [-0.3, -0.25) is 4.79 Å². The molecular formula is C25H28ClN5O. The summed E-state index contributed by atoms with van der Waals surface area (Å²) in [5.41, 5.74) is 10.5. The molecule has 0 fully saturated rings. The Balaban J connectivity index is 1.69. The van der Waals surface area contributed by atoms with E-state index in [1.165, 1.54) is 19.3 Å². The lowest BCUT2D eigenvalue weighted by Gasteiger charge is -2.09. The number of rotatable bonds is 9. The van der Waals surface area contributed by atoms with Gasteiger partial charge in [-0.05, 0) is 36.2 Å². The Morgan fingerprint density at radius 3 is 2.41 bits per heavy atom. The summed E-state index contributed by atoms with van der Waals surface area (Å²) >= 11 is 6.03. The molecule has 3 N–H and O–H groups in total. The molecular weight excluding hydrogens is 422 g/mol. The van der Waals surface area contributed by atoms with Crippen LogP contribution in [0.2, 0.25) is 5.02 Å². The van der Waals surface area contributed by atoms with Crippen LogP contribution in [0.25, 0.3) is 22.2 Å². The fourth-order valence-electron chi connectivity index (χ4n) is 3.89. The predicted octanol–water partition coefficient (Wildman–Crippen LogP) is 5.57. The SMILES string of the molecule is CCCCCCCNC(=O)c1c(N)n(Cc2ccc(Cl)cc2)c2nc3ccccc3nc12. The number of amides is 1. The molecule has 2 aromatic heterocycles. The van der Waals surface area contributed by atoms with E-state index >= 15 is 0 Å². The molecule has 7 heteroatoms. The van der Waals surface area contributed by atoms with E-state index in [1.807, 2.05) is 53.1 Å². The smallest absolute Gasteiger partial charge is 0.257 e. The van der Waals surface area contributed by atoms with E-state index in [-0.39, 0.29) is 5.91 Å². The average molecular weight is 450 g/mol. The number of carbonyl (C=O) groups is 1. The number of fused-ring (bicyclic) bond motifs is 2. The van der Waals surface area contributed by atoms with Crippen LogP contribution < -0.4 is 11.1 Å². The van der Waals surface area contributed by atoms with Crippen LogP contribution >= 0.6 is 11.6 Å². The molecule has 2 heterocycles. The summed E-state index contributed by atoms with van der Waals surface area (Å²) < 4.78 is 1.86. The van der Waals surface area contributed by atoms with E-state index in [9.17, 15) is 4.79 Å². The highest BCUT2D eigenvalue weighted by atomic mass is 35.5. The summed E-state index contributed by atoms with van der Waals surface area (Å²) in [4.78, 5) is 22.7. The summed E-state index contributed by atoms with van der Waals surface area (Å²) in [5.74, 6) is 0.163. The molecule has 4 rings (SSSR count). The van der Waals surface area contributed by atoms with Crippen molar-refractivity contribution in [2.45, 2.75) is 45.6 Å². The third-order valence-corrected chi connectivity index (χ3v) is 5.89. The number of nitrogens with zero attached hydrogens (tertiary/aromatic N) is 3. The maximum atomic E-state index is 13.1. The third kappa shape index (κ3) is 4.70. The zero-order valence-electron chi connectivity index (χ0n) is 18.3. The zero-order valence-corrected chi connectivity index (χ0v) is 19.0. The van der Waals surface area contributed by atoms with Crippen molar-refractivity contribution in [2.24, 2.45) is 0 Å². The number of unbranched alkanes of at least 4 members (excludes halogenated alkanes) is 4. The number of benzene rings is 2. The van der Waals surface area contributed by atoms with Crippen LogP contribution in [-0.4, -0.2) is 27.0 Å². The second kappa shape index (κ2) is 10.0. The lowest BCUT2D eigenvalue weighted by atomic mass is 10.1. The molecule has 2 aromatic carbocycles. The Morgan fingerprint density at radius 2 is 1.69 bits per heavy atom. The van der Waals surface area contributed by atoms with E-state index in [0.29, 0.717) is 40.7 Å². The third-order valence-electron chi connectivity index (χ3n) is 5.64. The minimum atomic E-state index is -0.206. The Kier molecular flexibility index (Phi) is 6.90. The first-order valence-electron chi connectivity index (χ1n) is 11.2. The number of para-hydroxylation sites is 2. The normalized spacial score (nSPS) is 11.3. The summed E-state index contributed by atoms with van der Waals surface area (Å²) in [6.07, 6.45) is 5.66. The highest BCUT2D eigenvalue weighted by molar-refractivity contribution is 6.30. The molecule has 0 atom stereocenters. The quantitative estimate of drug-likeness (QED) is 0.327. The number of hydrogen-bond donors (Lipinski definition) is 2. The number of nitrogen functional groups attached to an aromatic ring is 1. The van der Waals surface area contributed by atoms with E-state index < -0.39 is 0 Å². The van der Waals surface area contributed by atoms with Crippen molar-refractivity contribution in [3.63, 3.8) is 0 Å². The molecule has 0 aliphatic rings. The lowest BCUT2D eigenvalue weighted by molar-refractivity contribution is 0.0955. The topological polar surface area (TPSA) is 85.8 Å². The Labute approximate surface area is 192 Å². The minimum absolute atomic E-state index is 0.206. The van der Waals surface area contributed by atoms with Crippen molar-refractivity contribution in [1.29, 1.82) is 0 Å². The first-order valence-corrected chi connectivity index (χ1v) is 11.5. The number of halogens is 1. The van der Waals surface area contributed by atoms with Gasteiger partial charge in [0.15, 0.2) is 5.65 Å². The molecule has 32 heavy (non-hydrogen) atoms. The molecule has 4 aromatic rings. The molecule has 166 valence electrons. The van der Waals surface area contributed by atoms with E-state index in [1.54, 1.807) is 0 Å². The first-order chi connectivity index (χ1) is 15.6. The monoisotopic (exact) mass is 449 g/mol. The average Bonchev–Trinajstić information content (AvgIpc) is 3.06. The molecule has 0 saturated carbocycles. The van der Waals surface area contributed by atoms with Gasteiger partial charge in [0.25, 0.3) is 5.91 Å².